The molecule has 1 rings (SSSR count). The summed E-state index contributed by atoms with van der Waals surface area (Å²) in [5.74, 6) is 0.419. The maximum Gasteiger partial charge on any atom is 0.409 e. The fraction of sp³-hybridized carbons (Fsp3) is 0.143. The number of methoxy groups -OCH3 is 1. The number of ether oxygens (including phenoxy) is 1. The average molecular weight is 247 g/mol. The van der Waals surface area contributed by atoms with E-state index in [1.54, 1.807) is 12.1 Å². The number of hydrogen-bond donors (Lipinski definition) is 2. The van der Waals surface area contributed by atoms with Crippen LogP contribution < -0.4 is 10.1 Å². The number of rotatable bonds is 2. The van der Waals surface area contributed by atoms with E-state index in [2.05, 4.69) is 26.2 Å². The SMILES string of the molecule is COc1ccc(NC(=O)O)c(Br)n1. The smallest absolute Gasteiger partial charge is 0.409 e. The summed E-state index contributed by atoms with van der Waals surface area (Å²) in [5, 5.41) is 10.6. The number of nitrogens with zero attached hydrogens (tertiary/aromatic N) is 1. The van der Waals surface area contributed by atoms with Crippen LogP contribution in [0.15, 0.2) is 16.7 Å². The van der Waals surface area contributed by atoms with Crippen molar-refractivity contribution in [3.05, 3.63) is 16.7 Å². The van der Waals surface area contributed by atoms with Crippen LogP contribution in [0.1, 0.15) is 0 Å². The first-order valence-corrected chi connectivity index (χ1v) is 4.13. The largest absolute Gasteiger partial charge is 0.481 e. The van der Waals surface area contributed by atoms with Crippen molar-refractivity contribution in [1.29, 1.82) is 0 Å². The summed E-state index contributed by atoms with van der Waals surface area (Å²) >= 11 is 3.10. The van der Waals surface area contributed by atoms with Gasteiger partial charge < -0.3 is 9.84 Å². The van der Waals surface area contributed by atoms with E-state index in [1.807, 2.05) is 0 Å². The fourth-order valence-corrected chi connectivity index (χ4v) is 1.15. The molecule has 0 aromatic carbocycles. The van der Waals surface area contributed by atoms with Crippen molar-refractivity contribution in [2.75, 3.05) is 12.4 Å². The molecule has 0 bridgehead atoms. The molecule has 0 fully saturated rings. The maximum absolute atomic E-state index is 10.3. The molecule has 0 aliphatic heterocycles. The minimum Gasteiger partial charge on any atom is -0.481 e. The first kappa shape index (κ1) is 9.79. The summed E-state index contributed by atoms with van der Waals surface area (Å²) in [5.41, 5.74) is 0.383. The molecule has 0 spiro atoms. The summed E-state index contributed by atoms with van der Waals surface area (Å²) in [6.45, 7) is 0. The van der Waals surface area contributed by atoms with E-state index in [1.165, 1.54) is 7.11 Å². The minimum atomic E-state index is -1.13. The number of carbonyl (C=O) groups is 1. The highest BCUT2D eigenvalue weighted by atomic mass is 79.9. The van der Waals surface area contributed by atoms with Crippen LogP contribution in [0, 0.1) is 0 Å². The Morgan fingerprint density at radius 3 is 2.85 bits per heavy atom. The Labute approximate surface area is 82.9 Å². The molecular formula is C7H7BrN2O3. The third-order valence-corrected chi connectivity index (χ3v) is 1.88. The van der Waals surface area contributed by atoms with Crippen LogP contribution >= 0.6 is 15.9 Å². The Kier molecular flexibility index (Phi) is 3.07. The molecule has 13 heavy (non-hydrogen) atoms. The van der Waals surface area contributed by atoms with Crippen molar-refractivity contribution >= 4 is 27.7 Å². The Hall–Kier alpha value is -1.30. The second kappa shape index (κ2) is 4.08. The molecule has 2 N–H and O–H groups in total. The second-order valence-electron chi connectivity index (χ2n) is 2.12. The van der Waals surface area contributed by atoms with Gasteiger partial charge in [-0.25, -0.2) is 9.78 Å². The fourth-order valence-electron chi connectivity index (χ4n) is 0.740. The topological polar surface area (TPSA) is 71.5 Å². The lowest BCUT2D eigenvalue weighted by Gasteiger charge is -2.04. The molecule has 5 nitrogen and oxygen atoms in total. The molecule has 70 valence electrons. The van der Waals surface area contributed by atoms with Gasteiger partial charge in [0.15, 0.2) is 0 Å². The van der Waals surface area contributed by atoms with Crippen LogP contribution in [-0.4, -0.2) is 23.3 Å². The lowest BCUT2D eigenvalue weighted by molar-refractivity contribution is 0.209. The molecule has 0 unspecified atom stereocenters. The van der Waals surface area contributed by atoms with Gasteiger partial charge in [-0.3, -0.25) is 5.32 Å². The number of carboxylic acid groups (broad SMARTS) is 1. The van der Waals surface area contributed by atoms with Gasteiger partial charge in [0.2, 0.25) is 5.88 Å². The van der Waals surface area contributed by atoms with E-state index in [-0.39, 0.29) is 0 Å². The molecule has 1 amide bonds. The third kappa shape index (κ3) is 2.59. The van der Waals surface area contributed by atoms with Crippen LogP contribution in [0.2, 0.25) is 0 Å². The van der Waals surface area contributed by atoms with Crippen LogP contribution in [0.25, 0.3) is 0 Å². The number of anilines is 1. The number of pyridine rings is 1. The monoisotopic (exact) mass is 246 g/mol. The minimum absolute atomic E-state index is 0.383. The van der Waals surface area contributed by atoms with Crippen molar-refractivity contribution in [2.24, 2.45) is 0 Å². The number of aromatic nitrogens is 1. The standard InChI is InChI=1S/C7H7BrN2O3/c1-13-5-3-2-4(6(8)10-5)9-7(11)12/h2-3,9H,1H3,(H,11,12). The van der Waals surface area contributed by atoms with Crippen LogP contribution in [-0.2, 0) is 0 Å². The van der Waals surface area contributed by atoms with Gasteiger partial charge in [0.25, 0.3) is 0 Å². The van der Waals surface area contributed by atoms with E-state index in [4.69, 9.17) is 9.84 Å². The quantitative estimate of drug-likeness (QED) is 0.783. The lowest BCUT2D eigenvalue weighted by atomic mass is 10.4. The summed E-state index contributed by atoms with van der Waals surface area (Å²) in [6, 6.07) is 3.13. The maximum atomic E-state index is 10.3. The highest BCUT2D eigenvalue weighted by molar-refractivity contribution is 9.10. The lowest BCUT2D eigenvalue weighted by Crippen LogP contribution is -2.08. The zero-order valence-electron chi connectivity index (χ0n) is 6.74. The number of nitrogens with one attached hydrogen (secondary N) is 1. The van der Waals surface area contributed by atoms with Crippen molar-refractivity contribution in [3.63, 3.8) is 0 Å². The van der Waals surface area contributed by atoms with E-state index < -0.39 is 6.09 Å². The number of hydrogen-bond acceptors (Lipinski definition) is 3. The van der Waals surface area contributed by atoms with Crippen molar-refractivity contribution in [3.8, 4) is 5.88 Å². The molecule has 1 heterocycles. The summed E-state index contributed by atoms with van der Waals surface area (Å²) in [4.78, 5) is 14.2. The predicted molar refractivity (Wildman–Crippen MR) is 50.1 cm³/mol. The van der Waals surface area contributed by atoms with Crippen molar-refractivity contribution in [2.45, 2.75) is 0 Å². The van der Waals surface area contributed by atoms with E-state index in [0.717, 1.165) is 0 Å². The molecule has 1 aromatic heterocycles. The van der Waals surface area contributed by atoms with Crippen molar-refractivity contribution < 1.29 is 14.6 Å². The van der Waals surface area contributed by atoms with Crippen molar-refractivity contribution in [1.82, 2.24) is 4.98 Å². The third-order valence-electron chi connectivity index (χ3n) is 1.27. The van der Waals surface area contributed by atoms with E-state index in [9.17, 15) is 4.79 Å². The van der Waals surface area contributed by atoms with E-state index >= 15 is 0 Å². The summed E-state index contributed by atoms with van der Waals surface area (Å²) in [6.07, 6.45) is -1.13. The molecule has 6 heteroatoms. The first-order valence-electron chi connectivity index (χ1n) is 3.34. The predicted octanol–water partition coefficient (Wildman–Crippen LogP) is 1.94. The van der Waals surface area contributed by atoms with Gasteiger partial charge in [0.1, 0.15) is 4.60 Å². The first-order chi connectivity index (χ1) is 6.13. The van der Waals surface area contributed by atoms with Gasteiger partial charge in [-0.15, -0.1) is 0 Å². The Balaban J connectivity index is 2.91. The average Bonchev–Trinajstić information content (AvgIpc) is 2.08. The molecule has 0 radical (unpaired) electrons. The highest BCUT2D eigenvalue weighted by Gasteiger charge is 2.05. The van der Waals surface area contributed by atoms with Gasteiger partial charge in [0, 0.05) is 6.07 Å². The molecule has 0 saturated heterocycles. The van der Waals surface area contributed by atoms with Gasteiger partial charge in [-0.05, 0) is 22.0 Å². The number of halogens is 1. The Morgan fingerprint density at radius 2 is 2.38 bits per heavy atom. The van der Waals surface area contributed by atoms with Crippen LogP contribution in [0.5, 0.6) is 5.88 Å². The zero-order chi connectivity index (χ0) is 9.84. The summed E-state index contributed by atoms with van der Waals surface area (Å²) in [7, 11) is 1.49. The molecule has 0 atom stereocenters. The highest BCUT2D eigenvalue weighted by Crippen LogP contribution is 2.22. The van der Waals surface area contributed by atoms with Crippen LogP contribution in [0.4, 0.5) is 10.5 Å². The Bertz CT molecular complexity index is 330. The summed E-state index contributed by atoms with van der Waals surface area (Å²) < 4.78 is 5.24. The van der Waals surface area contributed by atoms with Gasteiger partial charge >= 0.3 is 6.09 Å². The zero-order valence-corrected chi connectivity index (χ0v) is 8.33. The molecule has 0 saturated carbocycles. The molecule has 0 aliphatic rings. The molecule has 0 aliphatic carbocycles. The molecule has 1 aromatic rings. The van der Waals surface area contributed by atoms with Gasteiger partial charge in [0.05, 0.1) is 12.8 Å². The van der Waals surface area contributed by atoms with Gasteiger partial charge in [-0.1, -0.05) is 0 Å². The second-order valence-corrected chi connectivity index (χ2v) is 2.87. The van der Waals surface area contributed by atoms with Crippen LogP contribution in [0.3, 0.4) is 0 Å². The normalized spacial score (nSPS) is 9.38. The van der Waals surface area contributed by atoms with E-state index in [0.29, 0.717) is 16.2 Å². The van der Waals surface area contributed by atoms with Gasteiger partial charge in [-0.2, -0.15) is 0 Å². The number of amides is 1. The molecular weight excluding hydrogens is 240 g/mol. The Morgan fingerprint density at radius 1 is 1.69 bits per heavy atom.